The van der Waals surface area contributed by atoms with Crippen molar-refractivity contribution in [1.82, 2.24) is 0 Å². The van der Waals surface area contributed by atoms with Gasteiger partial charge in [-0.15, -0.1) is 0 Å². The molecule has 21 heavy (non-hydrogen) atoms. The predicted octanol–water partition coefficient (Wildman–Crippen LogP) is 4.53. The smallest absolute Gasteiger partial charge is 0.338 e. The van der Waals surface area contributed by atoms with Crippen LogP contribution in [0.5, 0.6) is 5.75 Å². The number of benzene rings is 2. The van der Waals surface area contributed by atoms with Crippen LogP contribution >= 0.6 is 0 Å². The van der Waals surface area contributed by atoms with Crippen molar-refractivity contribution >= 4 is 17.3 Å². The van der Waals surface area contributed by atoms with Crippen molar-refractivity contribution in [2.24, 2.45) is 0 Å². The van der Waals surface area contributed by atoms with Crippen LogP contribution in [0.15, 0.2) is 54.6 Å². The summed E-state index contributed by atoms with van der Waals surface area (Å²) in [6.07, 6.45) is 0. The fraction of sp³-hybridized carbons (Fsp3) is 0.167. The zero-order chi connectivity index (χ0) is 15.4. The van der Waals surface area contributed by atoms with Gasteiger partial charge in [-0.25, -0.2) is 4.79 Å². The summed E-state index contributed by atoms with van der Waals surface area (Å²) >= 11 is 0. The van der Waals surface area contributed by atoms with Crippen LogP contribution in [0.3, 0.4) is 0 Å². The van der Waals surface area contributed by atoms with Crippen LogP contribution in [0.2, 0.25) is 0 Å². The highest BCUT2D eigenvalue weighted by Crippen LogP contribution is 2.25. The Morgan fingerprint density at radius 2 is 1.67 bits per heavy atom. The summed E-state index contributed by atoms with van der Waals surface area (Å²) in [7, 11) is 0. The molecule has 0 aliphatic carbocycles. The molecule has 0 aromatic heterocycles. The molecule has 0 spiro atoms. The maximum absolute atomic E-state index is 11.5. The third-order valence-electron chi connectivity index (χ3n) is 3.07. The SMILES string of the molecule is C=C(C)C(=O)Oc1ccc(Nc2ccc(C)cc2)cc1C. The summed E-state index contributed by atoms with van der Waals surface area (Å²) in [5.41, 5.74) is 4.47. The van der Waals surface area contributed by atoms with E-state index in [-0.39, 0.29) is 0 Å². The van der Waals surface area contributed by atoms with Gasteiger partial charge in [0.2, 0.25) is 0 Å². The number of esters is 1. The number of hydrogen-bond acceptors (Lipinski definition) is 3. The number of carbonyl (C=O) groups excluding carboxylic acids is 1. The largest absolute Gasteiger partial charge is 0.423 e. The molecule has 0 aliphatic heterocycles. The highest BCUT2D eigenvalue weighted by Gasteiger charge is 2.08. The minimum absolute atomic E-state index is 0.385. The normalized spacial score (nSPS) is 10.0. The van der Waals surface area contributed by atoms with Crippen LogP contribution in [0.25, 0.3) is 0 Å². The first-order valence-electron chi connectivity index (χ1n) is 6.78. The number of aryl methyl sites for hydroxylation is 2. The minimum atomic E-state index is -0.405. The number of ether oxygens (including phenoxy) is 1. The van der Waals surface area contributed by atoms with E-state index in [4.69, 9.17) is 4.74 Å². The standard InChI is InChI=1S/C18H19NO2/c1-12(2)18(20)21-17-10-9-16(11-14(17)4)19-15-7-5-13(3)6-8-15/h5-11,19H,1H2,2-4H3. The zero-order valence-electron chi connectivity index (χ0n) is 12.6. The fourth-order valence-electron chi connectivity index (χ4n) is 1.83. The summed E-state index contributed by atoms with van der Waals surface area (Å²) in [6.45, 7) is 9.16. The van der Waals surface area contributed by atoms with E-state index in [2.05, 4.69) is 31.0 Å². The molecule has 0 unspecified atom stereocenters. The lowest BCUT2D eigenvalue weighted by atomic mass is 10.2. The van der Waals surface area contributed by atoms with Gasteiger partial charge in [-0.05, 0) is 56.7 Å². The van der Waals surface area contributed by atoms with Gasteiger partial charge in [0, 0.05) is 16.9 Å². The van der Waals surface area contributed by atoms with E-state index in [0.717, 1.165) is 16.9 Å². The van der Waals surface area contributed by atoms with Crippen LogP contribution < -0.4 is 10.1 Å². The maximum atomic E-state index is 11.5. The highest BCUT2D eigenvalue weighted by atomic mass is 16.5. The lowest BCUT2D eigenvalue weighted by molar-refractivity contribution is -0.130. The second-order valence-electron chi connectivity index (χ2n) is 5.14. The van der Waals surface area contributed by atoms with E-state index < -0.39 is 5.97 Å². The average molecular weight is 281 g/mol. The molecule has 108 valence electrons. The van der Waals surface area contributed by atoms with Crippen LogP contribution in [0.1, 0.15) is 18.1 Å². The summed E-state index contributed by atoms with van der Waals surface area (Å²) in [5, 5.41) is 3.32. The molecular formula is C18H19NO2. The lowest BCUT2D eigenvalue weighted by Crippen LogP contribution is -2.09. The van der Waals surface area contributed by atoms with Crippen molar-refractivity contribution in [3.63, 3.8) is 0 Å². The van der Waals surface area contributed by atoms with Gasteiger partial charge in [-0.3, -0.25) is 0 Å². The number of anilines is 2. The van der Waals surface area contributed by atoms with E-state index in [1.165, 1.54) is 5.56 Å². The quantitative estimate of drug-likeness (QED) is 0.508. The van der Waals surface area contributed by atoms with Gasteiger partial charge in [0.25, 0.3) is 0 Å². The molecule has 0 heterocycles. The second kappa shape index (κ2) is 6.27. The number of rotatable bonds is 4. The van der Waals surface area contributed by atoms with E-state index in [9.17, 15) is 4.79 Å². The van der Waals surface area contributed by atoms with Crippen LogP contribution in [0.4, 0.5) is 11.4 Å². The molecule has 0 radical (unpaired) electrons. The van der Waals surface area contributed by atoms with Crippen LogP contribution in [0, 0.1) is 13.8 Å². The second-order valence-corrected chi connectivity index (χ2v) is 5.14. The van der Waals surface area contributed by atoms with Crippen molar-refractivity contribution in [1.29, 1.82) is 0 Å². The first kappa shape index (κ1) is 14.9. The van der Waals surface area contributed by atoms with Gasteiger partial charge in [-0.2, -0.15) is 0 Å². The van der Waals surface area contributed by atoms with E-state index in [0.29, 0.717) is 11.3 Å². The molecule has 0 saturated carbocycles. The van der Waals surface area contributed by atoms with E-state index in [1.54, 1.807) is 13.0 Å². The third kappa shape index (κ3) is 3.96. The Hall–Kier alpha value is -2.55. The molecule has 3 nitrogen and oxygen atoms in total. The van der Waals surface area contributed by atoms with Gasteiger partial charge in [0.15, 0.2) is 0 Å². The third-order valence-corrected chi connectivity index (χ3v) is 3.07. The van der Waals surface area contributed by atoms with E-state index >= 15 is 0 Å². The monoisotopic (exact) mass is 281 g/mol. The average Bonchev–Trinajstić information content (AvgIpc) is 2.44. The van der Waals surface area contributed by atoms with Crippen LogP contribution in [-0.2, 0) is 4.79 Å². The molecule has 2 rings (SSSR count). The molecule has 2 aromatic rings. The molecule has 0 fully saturated rings. The van der Waals surface area contributed by atoms with Gasteiger partial charge in [-0.1, -0.05) is 24.3 Å². The van der Waals surface area contributed by atoms with Gasteiger partial charge in [0.1, 0.15) is 5.75 Å². The van der Waals surface area contributed by atoms with Crippen molar-refractivity contribution in [2.75, 3.05) is 5.32 Å². The topological polar surface area (TPSA) is 38.3 Å². The van der Waals surface area contributed by atoms with Crippen molar-refractivity contribution < 1.29 is 9.53 Å². The molecule has 0 atom stereocenters. The summed E-state index contributed by atoms with van der Waals surface area (Å²) in [4.78, 5) is 11.5. The number of nitrogens with one attached hydrogen (secondary N) is 1. The van der Waals surface area contributed by atoms with Crippen molar-refractivity contribution in [2.45, 2.75) is 20.8 Å². The van der Waals surface area contributed by atoms with E-state index in [1.807, 2.05) is 31.2 Å². The zero-order valence-corrected chi connectivity index (χ0v) is 12.6. The summed E-state index contributed by atoms with van der Waals surface area (Å²) in [5.74, 6) is 0.148. The Kier molecular flexibility index (Phi) is 4.43. The molecule has 1 N–H and O–H groups in total. The van der Waals surface area contributed by atoms with Crippen LogP contribution in [-0.4, -0.2) is 5.97 Å². The molecule has 3 heteroatoms. The van der Waals surface area contributed by atoms with Gasteiger partial charge < -0.3 is 10.1 Å². The Morgan fingerprint density at radius 1 is 1.05 bits per heavy atom. The summed E-state index contributed by atoms with van der Waals surface area (Å²) < 4.78 is 5.26. The maximum Gasteiger partial charge on any atom is 0.338 e. The Bertz CT molecular complexity index is 672. The first-order chi connectivity index (χ1) is 9.95. The van der Waals surface area contributed by atoms with Gasteiger partial charge >= 0.3 is 5.97 Å². The van der Waals surface area contributed by atoms with Crippen molar-refractivity contribution in [3.05, 3.63) is 65.7 Å². The highest BCUT2D eigenvalue weighted by molar-refractivity contribution is 5.89. The molecule has 0 aliphatic rings. The lowest BCUT2D eigenvalue weighted by Gasteiger charge is -2.11. The predicted molar refractivity (Wildman–Crippen MR) is 86.1 cm³/mol. The Labute approximate surface area is 125 Å². The molecular weight excluding hydrogens is 262 g/mol. The number of hydrogen-bond donors (Lipinski definition) is 1. The molecule has 2 aromatic carbocycles. The Balaban J connectivity index is 2.13. The molecule has 0 amide bonds. The molecule has 0 bridgehead atoms. The molecule has 0 saturated heterocycles. The Morgan fingerprint density at radius 3 is 2.24 bits per heavy atom. The first-order valence-corrected chi connectivity index (χ1v) is 6.78. The van der Waals surface area contributed by atoms with Crippen molar-refractivity contribution in [3.8, 4) is 5.75 Å². The van der Waals surface area contributed by atoms with Gasteiger partial charge in [0.05, 0.1) is 0 Å². The number of carbonyl (C=O) groups is 1. The fourth-order valence-corrected chi connectivity index (χ4v) is 1.83. The summed E-state index contributed by atoms with van der Waals surface area (Å²) in [6, 6.07) is 13.8. The minimum Gasteiger partial charge on any atom is -0.423 e.